The molecular weight excluding hydrogens is 332 g/mol. The van der Waals surface area contributed by atoms with Gasteiger partial charge in [0, 0.05) is 5.56 Å². The van der Waals surface area contributed by atoms with Gasteiger partial charge in [0.1, 0.15) is 42.7 Å². The molecule has 0 spiro atoms. The highest BCUT2D eigenvalue weighted by Gasteiger charge is 2.71. The van der Waals surface area contributed by atoms with Gasteiger partial charge in [0.2, 0.25) is 0 Å². The Kier molecular flexibility index (Phi) is 4.00. The van der Waals surface area contributed by atoms with Crippen molar-refractivity contribution in [3.63, 3.8) is 0 Å². The molecule has 7 heteroatoms. The number of nitrogens with one attached hydrogen (secondary N) is 4. The third-order valence-electron chi connectivity index (χ3n) is 7.01. The topological polar surface area (TPSA) is 91.7 Å². The third-order valence-corrected chi connectivity index (χ3v) is 7.01. The van der Waals surface area contributed by atoms with E-state index in [4.69, 9.17) is 0 Å². The third kappa shape index (κ3) is 2.29. The van der Waals surface area contributed by atoms with E-state index >= 15 is 0 Å². The van der Waals surface area contributed by atoms with Gasteiger partial charge in [-0.3, -0.25) is 24.4 Å². The molecular formula is C19H30N4O3+2. The summed E-state index contributed by atoms with van der Waals surface area (Å²) in [6.45, 7) is 9.40. The first kappa shape index (κ1) is 17.7. The number of piperidine rings is 2. The molecule has 0 atom stereocenters. The number of aromatic nitrogens is 2. The molecule has 26 heavy (non-hydrogen) atoms. The van der Waals surface area contributed by atoms with E-state index in [0.29, 0.717) is 11.3 Å². The predicted molar refractivity (Wildman–Crippen MR) is 96.2 cm³/mol. The number of aromatic amines is 2. The number of Topliss-reactive ketones (excluding diaryl/α,β-unsaturated/α-hetero) is 1. The van der Waals surface area contributed by atoms with E-state index in [9.17, 15) is 14.4 Å². The van der Waals surface area contributed by atoms with Crippen molar-refractivity contribution in [2.45, 2.75) is 52.6 Å². The highest BCUT2D eigenvalue weighted by molar-refractivity contribution is 5.92. The Morgan fingerprint density at radius 1 is 0.923 bits per heavy atom. The van der Waals surface area contributed by atoms with Crippen LogP contribution in [-0.2, 0) is 4.79 Å². The zero-order valence-corrected chi connectivity index (χ0v) is 16.0. The maximum absolute atomic E-state index is 13.5. The normalized spacial score (nSPS) is 38.1. The van der Waals surface area contributed by atoms with E-state index < -0.39 is 5.69 Å². The first-order chi connectivity index (χ1) is 12.4. The van der Waals surface area contributed by atoms with Gasteiger partial charge < -0.3 is 4.98 Å². The summed E-state index contributed by atoms with van der Waals surface area (Å²) >= 11 is 0. The molecule has 4 fully saturated rings. The predicted octanol–water partition coefficient (Wildman–Crippen LogP) is -1.68. The molecule has 5 heterocycles. The van der Waals surface area contributed by atoms with Crippen molar-refractivity contribution in [1.82, 2.24) is 9.97 Å². The molecule has 0 saturated carbocycles. The Bertz CT molecular complexity index is 811. The zero-order chi connectivity index (χ0) is 18.7. The summed E-state index contributed by atoms with van der Waals surface area (Å²) in [5.74, 6) is 0.496. The Morgan fingerprint density at radius 3 is 1.88 bits per heavy atom. The summed E-state index contributed by atoms with van der Waals surface area (Å²) < 4.78 is 0. The van der Waals surface area contributed by atoms with Crippen molar-refractivity contribution in [3.05, 3.63) is 32.1 Å². The first-order valence-corrected chi connectivity index (χ1v) is 9.93. The molecule has 4 N–H and O–H groups in total. The standard InChI is InChI=1S/C19H28N4O3/c1-4-6-18-8-22-10-19(7-5-2,16(18)25)11-23(9-18)15(22)13-12(3)14(24)21-17(26)20-13/h15H,4-11H2,1-3H3,(H2,20,21,24,26)/p+2. The Labute approximate surface area is 152 Å². The largest absolute Gasteiger partial charge is 0.326 e. The van der Waals surface area contributed by atoms with Crippen LogP contribution >= 0.6 is 0 Å². The number of ketones is 1. The molecule has 0 unspecified atom stereocenters. The molecule has 142 valence electrons. The van der Waals surface area contributed by atoms with Crippen molar-refractivity contribution in [2.24, 2.45) is 10.8 Å². The fraction of sp³-hybridized carbons (Fsp3) is 0.737. The number of carbonyl (C=O) groups excluding carboxylic acids is 1. The SMILES string of the molecule is CCCC12C[NH+]3CC(CCC)(C[NH+](C1)C3c1[nH]c(=O)[nH]c(=O)c1C)C2=O. The number of rotatable bonds is 5. The van der Waals surface area contributed by atoms with E-state index in [-0.39, 0.29) is 22.6 Å². The van der Waals surface area contributed by atoms with Crippen LogP contribution in [0.15, 0.2) is 9.59 Å². The van der Waals surface area contributed by atoms with Gasteiger partial charge in [0.25, 0.3) is 11.7 Å². The first-order valence-electron chi connectivity index (χ1n) is 9.93. The maximum Gasteiger partial charge on any atom is 0.326 e. The van der Waals surface area contributed by atoms with E-state index in [0.717, 1.165) is 57.6 Å². The zero-order valence-electron chi connectivity index (χ0n) is 16.0. The second-order valence-corrected chi connectivity index (χ2v) is 8.79. The molecule has 4 saturated heterocycles. The number of hydrogen-bond donors (Lipinski definition) is 4. The minimum absolute atomic E-state index is 0.0491. The molecule has 0 radical (unpaired) electrons. The number of carbonyl (C=O) groups is 1. The lowest BCUT2D eigenvalue weighted by Gasteiger charge is -2.60. The van der Waals surface area contributed by atoms with Gasteiger partial charge in [-0.2, -0.15) is 0 Å². The summed E-state index contributed by atoms with van der Waals surface area (Å²) in [6.07, 6.45) is 3.97. The van der Waals surface area contributed by atoms with Crippen LogP contribution in [0.25, 0.3) is 0 Å². The van der Waals surface area contributed by atoms with Crippen molar-refractivity contribution in [2.75, 3.05) is 26.2 Å². The second kappa shape index (κ2) is 5.89. The molecule has 5 rings (SSSR count). The molecule has 4 aliphatic rings. The van der Waals surface area contributed by atoms with Gasteiger partial charge in [-0.05, 0) is 19.8 Å². The highest BCUT2D eigenvalue weighted by Crippen LogP contribution is 2.42. The van der Waals surface area contributed by atoms with E-state index in [2.05, 4.69) is 23.8 Å². The van der Waals surface area contributed by atoms with Crippen LogP contribution in [-0.4, -0.2) is 41.9 Å². The molecule has 0 aromatic carbocycles. The van der Waals surface area contributed by atoms with Gasteiger partial charge in [-0.25, -0.2) is 4.79 Å². The van der Waals surface area contributed by atoms with Crippen LogP contribution in [0.4, 0.5) is 0 Å². The lowest BCUT2D eigenvalue weighted by atomic mass is 9.57. The minimum atomic E-state index is -0.437. The average molecular weight is 362 g/mol. The van der Waals surface area contributed by atoms with Crippen molar-refractivity contribution < 1.29 is 14.6 Å². The van der Waals surface area contributed by atoms with Crippen LogP contribution < -0.4 is 21.0 Å². The van der Waals surface area contributed by atoms with Gasteiger partial charge in [0.05, 0.1) is 0 Å². The molecule has 1 aromatic heterocycles. The van der Waals surface area contributed by atoms with Crippen LogP contribution in [0.3, 0.4) is 0 Å². The maximum atomic E-state index is 13.5. The summed E-state index contributed by atoms with van der Waals surface area (Å²) in [5, 5.41) is 0. The van der Waals surface area contributed by atoms with Crippen molar-refractivity contribution in [3.8, 4) is 0 Å². The van der Waals surface area contributed by atoms with E-state index in [1.54, 1.807) is 6.92 Å². The Morgan fingerprint density at radius 2 is 1.42 bits per heavy atom. The van der Waals surface area contributed by atoms with Gasteiger partial charge in [-0.15, -0.1) is 0 Å². The minimum Gasteiger partial charge on any atom is -0.300 e. The molecule has 0 amide bonds. The van der Waals surface area contributed by atoms with Gasteiger partial charge >= 0.3 is 5.69 Å². The molecule has 4 aliphatic heterocycles. The van der Waals surface area contributed by atoms with Crippen LogP contribution in [0, 0.1) is 17.8 Å². The van der Waals surface area contributed by atoms with Crippen molar-refractivity contribution >= 4 is 5.78 Å². The number of H-pyrrole nitrogens is 2. The van der Waals surface area contributed by atoms with Crippen LogP contribution in [0.2, 0.25) is 0 Å². The summed E-state index contributed by atoms with van der Waals surface area (Å²) in [5.41, 5.74) is 0.166. The summed E-state index contributed by atoms with van der Waals surface area (Å²) in [4.78, 5) is 45.5. The quantitative estimate of drug-likeness (QED) is 0.504. The highest BCUT2D eigenvalue weighted by atomic mass is 16.2. The Balaban J connectivity index is 1.80. The fourth-order valence-electron chi connectivity index (χ4n) is 6.37. The Hall–Kier alpha value is -1.73. The van der Waals surface area contributed by atoms with E-state index in [1.807, 2.05) is 0 Å². The van der Waals surface area contributed by atoms with Gasteiger partial charge in [0.15, 0.2) is 5.78 Å². The molecule has 4 bridgehead atoms. The van der Waals surface area contributed by atoms with Crippen LogP contribution in [0.1, 0.15) is 57.0 Å². The average Bonchev–Trinajstić information content (AvgIpc) is 2.56. The van der Waals surface area contributed by atoms with Crippen LogP contribution in [0.5, 0.6) is 0 Å². The summed E-state index contributed by atoms with van der Waals surface area (Å²) in [6, 6.07) is 0. The fourth-order valence-corrected chi connectivity index (χ4v) is 6.37. The lowest BCUT2D eigenvalue weighted by Crippen LogP contribution is -3.41. The molecule has 1 aromatic rings. The molecule has 7 nitrogen and oxygen atoms in total. The molecule has 0 aliphatic carbocycles. The van der Waals surface area contributed by atoms with E-state index in [1.165, 1.54) is 9.80 Å². The number of quaternary nitrogens is 2. The summed E-state index contributed by atoms with van der Waals surface area (Å²) in [7, 11) is 0. The van der Waals surface area contributed by atoms with Gasteiger partial charge in [-0.1, -0.05) is 26.7 Å². The second-order valence-electron chi connectivity index (χ2n) is 8.79. The van der Waals surface area contributed by atoms with Crippen molar-refractivity contribution in [1.29, 1.82) is 0 Å². The number of hydrogen-bond acceptors (Lipinski definition) is 3. The monoisotopic (exact) mass is 362 g/mol. The lowest BCUT2D eigenvalue weighted by molar-refractivity contribution is -1.18. The smallest absolute Gasteiger partial charge is 0.300 e.